The molecule has 1 atom stereocenters. The van der Waals surface area contributed by atoms with E-state index in [4.69, 9.17) is 0 Å². The molecule has 3 heterocycles. The zero-order valence-corrected chi connectivity index (χ0v) is 15.8. The number of fused-ring (bicyclic) bond motifs is 1. The average molecular weight is 434 g/mol. The first-order valence-electron chi connectivity index (χ1n) is 8.19. The maximum Gasteiger partial charge on any atom is 0.183 e. The topological polar surface area (TPSA) is 66.5 Å². The Morgan fingerprint density at radius 1 is 1.15 bits per heavy atom. The van der Waals surface area contributed by atoms with Crippen LogP contribution in [-0.4, -0.2) is 19.9 Å². The Morgan fingerprint density at radius 2 is 1.93 bits per heavy atom. The Balaban J connectivity index is 0.00000150. The summed E-state index contributed by atoms with van der Waals surface area (Å²) in [5.74, 6) is -0.432. The quantitative estimate of drug-likeness (QED) is 0.431. The molecule has 0 amide bonds. The van der Waals surface area contributed by atoms with E-state index in [0.717, 1.165) is 27.2 Å². The number of nitrogens with zero attached hydrogens (tertiary/aromatic N) is 3. The summed E-state index contributed by atoms with van der Waals surface area (Å²) in [6.45, 7) is 1.85. The number of aromatic nitrogens is 4. The van der Waals surface area contributed by atoms with Gasteiger partial charge in [-0.3, -0.25) is 0 Å². The summed E-state index contributed by atoms with van der Waals surface area (Å²) in [6.07, 6.45) is 4.56. The van der Waals surface area contributed by atoms with Crippen molar-refractivity contribution in [2.45, 2.75) is 13.0 Å². The molecule has 0 aliphatic heterocycles. The van der Waals surface area contributed by atoms with E-state index in [2.05, 4.69) is 41.2 Å². The molecule has 0 fully saturated rings. The van der Waals surface area contributed by atoms with Crippen molar-refractivity contribution in [1.82, 2.24) is 19.9 Å². The Hall–Kier alpha value is -2.87. The van der Waals surface area contributed by atoms with E-state index < -0.39 is 5.82 Å². The van der Waals surface area contributed by atoms with Crippen molar-refractivity contribution in [1.29, 1.82) is 0 Å². The van der Waals surface area contributed by atoms with Gasteiger partial charge in [0.25, 0.3) is 0 Å². The lowest BCUT2D eigenvalue weighted by molar-refractivity contribution is 0.613. The van der Waals surface area contributed by atoms with Crippen LogP contribution in [0.3, 0.4) is 0 Å². The molecule has 1 aromatic carbocycles. The van der Waals surface area contributed by atoms with Crippen LogP contribution in [0, 0.1) is 11.6 Å². The number of hydrogen-bond acceptors (Lipinski definition) is 4. The smallest absolute Gasteiger partial charge is 0.183 e. The normalized spacial score (nSPS) is 12.3. The molecule has 8 heteroatoms. The van der Waals surface area contributed by atoms with E-state index >= 15 is 0 Å². The van der Waals surface area contributed by atoms with Gasteiger partial charge in [-0.1, -0.05) is 12.1 Å². The number of rotatable bonds is 4. The summed E-state index contributed by atoms with van der Waals surface area (Å²) in [5.41, 5.74) is 2.22. The van der Waals surface area contributed by atoms with Gasteiger partial charge in [0.15, 0.2) is 17.5 Å². The molecule has 140 valence electrons. The molecule has 0 aliphatic carbocycles. The van der Waals surface area contributed by atoms with E-state index in [1.807, 2.05) is 13.0 Å². The summed E-state index contributed by atoms with van der Waals surface area (Å²) < 4.78 is 28.2. The van der Waals surface area contributed by atoms with Crippen LogP contribution in [-0.2, 0) is 0 Å². The number of nitrogens with one attached hydrogen (secondary N) is 2. The van der Waals surface area contributed by atoms with E-state index in [1.165, 1.54) is 12.1 Å². The van der Waals surface area contributed by atoms with Gasteiger partial charge in [-0.25, -0.2) is 23.7 Å². The Morgan fingerprint density at radius 3 is 2.70 bits per heavy atom. The Bertz CT molecular complexity index is 1120. The van der Waals surface area contributed by atoms with Gasteiger partial charge >= 0.3 is 0 Å². The maximum absolute atomic E-state index is 14.3. The lowest BCUT2D eigenvalue weighted by Crippen LogP contribution is -2.10. The second kappa shape index (κ2) is 7.03. The Kier molecular flexibility index (Phi) is 4.57. The molecule has 27 heavy (non-hydrogen) atoms. The molecule has 0 spiro atoms. The fraction of sp³-hybridized carbons (Fsp3) is 0.105. The highest BCUT2D eigenvalue weighted by molar-refractivity contribution is 9.10. The van der Waals surface area contributed by atoms with Crippen molar-refractivity contribution in [3.63, 3.8) is 0 Å². The lowest BCUT2D eigenvalue weighted by atomic mass is 10.1. The molecule has 0 saturated heterocycles. The second-order valence-electron chi connectivity index (χ2n) is 6.06. The lowest BCUT2D eigenvalue weighted by Gasteiger charge is -2.15. The standard InChI is InChI=1S/C19H14BrF2N5.2H2/c1-10(11-2-4-13(21)5-3-11)26-19-16(22)9-25-18(27-19)15-8-24-17-14(15)6-12(20)7-23-17;;/h2-10H,1H3,(H,23,24)(H,25,26,27);2*1H/t10-;;/m0../s1. The van der Waals surface area contributed by atoms with Crippen LogP contribution in [0.2, 0.25) is 0 Å². The molecular formula is C19H18BrF2N5. The van der Waals surface area contributed by atoms with Gasteiger partial charge in [0.2, 0.25) is 0 Å². The Labute approximate surface area is 165 Å². The van der Waals surface area contributed by atoms with Crippen LogP contribution in [0.5, 0.6) is 0 Å². The first-order valence-corrected chi connectivity index (χ1v) is 8.98. The number of aromatic amines is 1. The first kappa shape index (κ1) is 17.5. The number of hydrogen-bond donors (Lipinski definition) is 2. The van der Waals surface area contributed by atoms with Crippen molar-refractivity contribution in [3.05, 3.63) is 70.6 Å². The van der Waals surface area contributed by atoms with Crippen molar-refractivity contribution in [3.8, 4) is 11.4 Å². The molecular weight excluding hydrogens is 416 g/mol. The monoisotopic (exact) mass is 433 g/mol. The van der Waals surface area contributed by atoms with Crippen molar-refractivity contribution in [2.75, 3.05) is 5.32 Å². The summed E-state index contributed by atoms with van der Waals surface area (Å²) in [5, 5.41) is 3.85. The van der Waals surface area contributed by atoms with Gasteiger partial charge in [-0.15, -0.1) is 0 Å². The zero-order valence-electron chi connectivity index (χ0n) is 14.2. The van der Waals surface area contributed by atoms with Crippen LogP contribution in [0.15, 0.2) is 53.4 Å². The number of pyridine rings is 1. The van der Waals surface area contributed by atoms with Gasteiger partial charge in [0, 0.05) is 30.7 Å². The number of halogens is 3. The highest BCUT2D eigenvalue weighted by Crippen LogP contribution is 2.29. The van der Waals surface area contributed by atoms with Gasteiger partial charge in [-0.05, 0) is 46.6 Å². The highest BCUT2D eigenvalue weighted by atomic mass is 79.9. The minimum Gasteiger partial charge on any atom is -0.361 e. The predicted molar refractivity (Wildman–Crippen MR) is 107 cm³/mol. The van der Waals surface area contributed by atoms with E-state index in [9.17, 15) is 8.78 Å². The third-order valence-corrected chi connectivity index (χ3v) is 4.64. The maximum atomic E-state index is 14.3. The molecule has 0 radical (unpaired) electrons. The summed E-state index contributed by atoms with van der Waals surface area (Å²) in [6, 6.07) is 7.67. The van der Waals surface area contributed by atoms with Crippen LogP contribution >= 0.6 is 15.9 Å². The second-order valence-corrected chi connectivity index (χ2v) is 6.98. The average Bonchev–Trinajstić information content (AvgIpc) is 3.07. The molecule has 4 rings (SSSR count). The third-order valence-electron chi connectivity index (χ3n) is 4.21. The highest BCUT2D eigenvalue weighted by Gasteiger charge is 2.15. The molecule has 0 unspecified atom stereocenters. The van der Waals surface area contributed by atoms with Crippen LogP contribution in [0.1, 0.15) is 21.4 Å². The summed E-state index contributed by atoms with van der Waals surface area (Å²) >= 11 is 3.40. The largest absolute Gasteiger partial charge is 0.361 e. The molecule has 2 N–H and O–H groups in total. The molecule has 0 aliphatic rings. The van der Waals surface area contributed by atoms with Gasteiger partial charge < -0.3 is 10.3 Å². The van der Waals surface area contributed by atoms with Crippen molar-refractivity contribution >= 4 is 32.8 Å². The van der Waals surface area contributed by atoms with Crippen molar-refractivity contribution < 1.29 is 11.6 Å². The van der Waals surface area contributed by atoms with Crippen LogP contribution < -0.4 is 5.32 Å². The SMILES string of the molecule is C[C@H](Nc1nc(-c2c[nH]c3ncc(Br)cc23)ncc1F)c1ccc(F)cc1.[HH].[HH]. The van der Waals surface area contributed by atoms with Crippen LogP contribution in [0.4, 0.5) is 14.6 Å². The van der Waals surface area contributed by atoms with E-state index in [-0.39, 0.29) is 20.5 Å². The molecule has 3 aromatic heterocycles. The molecule has 4 aromatic rings. The number of H-pyrrole nitrogens is 1. The minimum absolute atomic E-state index is 0. The predicted octanol–water partition coefficient (Wildman–Crippen LogP) is 5.73. The molecule has 0 saturated carbocycles. The first-order chi connectivity index (χ1) is 13.0. The number of benzene rings is 1. The fourth-order valence-corrected chi connectivity index (χ4v) is 3.13. The third kappa shape index (κ3) is 3.52. The van der Waals surface area contributed by atoms with Crippen molar-refractivity contribution in [2.24, 2.45) is 0 Å². The van der Waals surface area contributed by atoms with E-state index in [1.54, 1.807) is 24.5 Å². The van der Waals surface area contributed by atoms with E-state index in [0.29, 0.717) is 11.5 Å². The van der Waals surface area contributed by atoms with Gasteiger partial charge in [0.05, 0.1) is 12.2 Å². The molecule has 5 nitrogen and oxygen atoms in total. The minimum atomic E-state index is -0.563. The fourth-order valence-electron chi connectivity index (χ4n) is 2.80. The van der Waals surface area contributed by atoms with Gasteiger partial charge in [0.1, 0.15) is 11.5 Å². The zero-order chi connectivity index (χ0) is 19.0. The number of anilines is 1. The summed E-state index contributed by atoms with van der Waals surface area (Å²) in [7, 11) is 0. The van der Waals surface area contributed by atoms with Gasteiger partial charge in [-0.2, -0.15) is 0 Å². The summed E-state index contributed by atoms with van der Waals surface area (Å²) in [4.78, 5) is 15.8. The van der Waals surface area contributed by atoms with Crippen LogP contribution in [0.25, 0.3) is 22.4 Å². The molecule has 0 bridgehead atoms.